The third-order valence-electron chi connectivity index (χ3n) is 2.06. The minimum atomic E-state index is -0.783. The van der Waals surface area contributed by atoms with E-state index in [2.05, 4.69) is 5.32 Å². The summed E-state index contributed by atoms with van der Waals surface area (Å²) in [6.45, 7) is 6.07. The van der Waals surface area contributed by atoms with Gasteiger partial charge in [0.05, 0.1) is 18.3 Å². The topological polar surface area (TPSA) is 65.0 Å². The Bertz CT molecular complexity index is 175. The molecule has 0 saturated heterocycles. The molecule has 5 heteroatoms. The smallest absolute Gasteiger partial charge is 0.0897 e. The van der Waals surface area contributed by atoms with Crippen molar-refractivity contribution in [3.05, 3.63) is 0 Å². The molecule has 0 aliphatic carbocycles. The van der Waals surface area contributed by atoms with E-state index in [1.807, 2.05) is 25.9 Å². The third-order valence-corrected chi connectivity index (χ3v) is 2.06. The molecule has 0 bridgehead atoms. The Morgan fingerprint density at radius 3 is 2.56 bits per heavy atom. The van der Waals surface area contributed by atoms with E-state index in [0.717, 1.165) is 0 Å². The monoisotopic (exact) mass is 234 g/mol. The number of nitrogens with one attached hydrogen (secondary N) is 1. The average Bonchev–Trinajstić information content (AvgIpc) is 2.12. The number of nitrogens with zero attached hydrogens (tertiary/aromatic N) is 1. The lowest BCUT2D eigenvalue weighted by atomic mass is 10.1. The summed E-state index contributed by atoms with van der Waals surface area (Å²) in [6.07, 6.45) is -0.518. The number of aliphatic hydroxyl groups excluding tert-OH is 1. The van der Waals surface area contributed by atoms with Crippen molar-refractivity contribution in [2.24, 2.45) is 0 Å². The summed E-state index contributed by atoms with van der Waals surface area (Å²) < 4.78 is 5.08. The zero-order chi connectivity index (χ0) is 12.6. The average molecular weight is 234 g/mol. The predicted molar refractivity (Wildman–Crippen MR) is 64.5 cm³/mol. The van der Waals surface area contributed by atoms with Crippen molar-refractivity contribution in [2.45, 2.75) is 25.6 Å². The number of likely N-dealkylation sites (N-methyl/N-ethyl adjacent to an activating group) is 1. The van der Waals surface area contributed by atoms with Gasteiger partial charge in [0.15, 0.2) is 0 Å². The van der Waals surface area contributed by atoms with Crippen molar-refractivity contribution in [2.75, 3.05) is 46.9 Å². The Morgan fingerprint density at radius 2 is 2.06 bits per heavy atom. The first-order chi connectivity index (χ1) is 7.37. The van der Waals surface area contributed by atoms with Crippen molar-refractivity contribution in [3.8, 4) is 0 Å². The van der Waals surface area contributed by atoms with E-state index < -0.39 is 11.7 Å². The van der Waals surface area contributed by atoms with Gasteiger partial charge in [0, 0.05) is 26.2 Å². The summed E-state index contributed by atoms with van der Waals surface area (Å²) in [5.41, 5.74) is -0.783. The molecule has 0 fully saturated rings. The summed E-state index contributed by atoms with van der Waals surface area (Å²) in [6, 6.07) is 0. The van der Waals surface area contributed by atoms with E-state index in [-0.39, 0.29) is 0 Å². The highest BCUT2D eigenvalue weighted by atomic mass is 16.5. The molecule has 5 nitrogen and oxygen atoms in total. The van der Waals surface area contributed by atoms with Gasteiger partial charge in [0.1, 0.15) is 0 Å². The Morgan fingerprint density at radius 1 is 1.44 bits per heavy atom. The van der Waals surface area contributed by atoms with Crippen LogP contribution in [0.2, 0.25) is 0 Å². The molecule has 0 saturated carbocycles. The van der Waals surface area contributed by atoms with Gasteiger partial charge in [0.25, 0.3) is 0 Å². The highest BCUT2D eigenvalue weighted by Gasteiger charge is 2.20. The van der Waals surface area contributed by atoms with Crippen LogP contribution in [-0.2, 0) is 4.74 Å². The fourth-order valence-electron chi connectivity index (χ4n) is 1.56. The molecule has 98 valence electrons. The molecule has 0 rings (SSSR count). The molecule has 0 aliphatic rings. The van der Waals surface area contributed by atoms with Crippen molar-refractivity contribution in [1.29, 1.82) is 0 Å². The number of rotatable bonds is 9. The summed E-state index contributed by atoms with van der Waals surface area (Å²) in [7, 11) is 3.83. The highest BCUT2D eigenvalue weighted by molar-refractivity contribution is 4.78. The van der Waals surface area contributed by atoms with E-state index >= 15 is 0 Å². The van der Waals surface area contributed by atoms with Crippen LogP contribution in [0.5, 0.6) is 0 Å². The molecule has 3 N–H and O–H groups in total. The van der Waals surface area contributed by atoms with Crippen LogP contribution in [0.25, 0.3) is 0 Å². The van der Waals surface area contributed by atoms with Gasteiger partial charge in [-0.15, -0.1) is 0 Å². The molecule has 0 aliphatic heterocycles. The highest BCUT2D eigenvalue weighted by Crippen LogP contribution is 2.02. The largest absolute Gasteiger partial charge is 0.389 e. The van der Waals surface area contributed by atoms with Gasteiger partial charge in [-0.1, -0.05) is 0 Å². The SMILES string of the molecule is CCOCC(O)CNCC(C)(O)CN(C)C. The molecule has 2 atom stereocenters. The quantitative estimate of drug-likeness (QED) is 0.492. The Hall–Kier alpha value is -0.200. The van der Waals surface area contributed by atoms with Gasteiger partial charge in [0.2, 0.25) is 0 Å². The second-order valence-electron chi connectivity index (χ2n) is 4.68. The van der Waals surface area contributed by atoms with Crippen molar-refractivity contribution >= 4 is 0 Å². The molecule has 2 unspecified atom stereocenters. The molecule has 0 amide bonds. The maximum absolute atomic E-state index is 9.96. The van der Waals surface area contributed by atoms with Crippen LogP contribution in [0.1, 0.15) is 13.8 Å². The van der Waals surface area contributed by atoms with E-state index in [9.17, 15) is 10.2 Å². The third kappa shape index (κ3) is 9.06. The fraction of sp³-hybridized carbons (Fsp3) is 1.00. The van der Waals surface area contributed by atoms with Gasteiger partial charge in [-0.3, -0.25) is 0 Å². The molecule has 0 aromatic carbocycles. The van der Waals surface area contributed by atoms with Crippen LogP contribution < -0.4 is 5.32 Å². The van der Waals surface area contributed by atoms with Crippen molar-refractivity contribution in [1.82, 2.24) is 10.2 Å². The lowest BCUT2D eigenvalue weighted by molar-refractivity contribution is 0.0198. The predicted octanol–water partition coefficient (Wildman–Crippen LogP) is -0.714. The first-order valence-corrected chi connectivity index (χ1v) is 5.71. The second-order valence-corrected chi connectivity index (χ2v) is 4.68. The molecular formula is C11H26N2O3. The molecule has 0 aromatic rings. The van der Waals surface area contributed by atoms with E-state index in [1.165, 1.54) is 0 Å². The van der Waals surface area contributed by atoms with Crippen molar-refractivity contribution in [3.63, 3.8) is 0 Å². The van der Waals surface area contributed by atoms with Gasteiger partial charge in [-0.05, 0) is 27.9 Å². The standard InChI is InChI=1S/C11H26N2O3/c1-5-16-7-10(14)6-12-8-11(2,15)9-13(3)4/h10,12,14-15H,5-9H2,1-4H3. The lowest BCUT2D eigenvalue weighted by Gasteiger charge is -2.27. The van der Waals surface area contributed by atoms with Crippen LogP contribution in [0.15, 0.2) is 0 Å². The fourth-order valence-corrected chi connectivity index (χ4v) is 1.56. The molecule has 0 heterocycles. The zero-order valence-electron chi connectivity index (χ0n) is 10.9. The summed E-state index contributed by atoms with van der Waals surface area (Å²) in [5, 5.41) is 22.5. The summed E-state index contributed by atoms with van der Waals surface area (Å²) in [5.74, 6) is 0. The maximum Gasteiger partial charge on any atom is 0.0897 e. The van der Waals surface area contributed by atoms with Gasteiger partial charge >= 0.3 is 0 Å². The molecular weight excluding hydrogens is 208 g/mol. The first kappa shape index (κ1) is 15.8. The van der Waals surface area contributed by atoms with E-state index in [4.69, 9.17) is 4.74 Å². The van der Waals surface area contributed by atoms with Crippen molar-refractivity contribution < 1.29 is 14.9 Å². The van der Waals surface area contributed by atoms with Gasteiger partial charge in [-0.2, -0.15) is 0 Å². The van der Waals surface area contributed by atoms with E-state index in [0.29, 0.717) is 32.8 Å². The molecule has 0 spiro atoms. The molecule has 0 radical (unpaired) electrons. The summed E-state index contributed by atoms with van der Waals surface area (Å²) in [4.78, 5) is 1.93. The lowest BCUT2D eigenvalue weighted by Crippen LogP contribution is -2.47. The van der Waals surface area contributed by atoms with Gasteiger partial charge < -0.3 is 25.2 Å². The number of hydrogen-bond donors (Lipinski definition) is 3. The van der Waals surface area contributed by atoms with E-state index in [1.54, 1.807) is 6.92 Å². The summed E-state index contributed by atoms with van der Waals surface area (Å²) >= 11 is 0. The van der Waals surface area contributed by atoms with Crippen LogP contribution >= 0.6 is 0 Å². The Balaban J connectivity index is 3.63. The number of hydrogen-bond acceptors (Lipinski definition) is 5. The maximum atomic E-state index is 9.96. The molecule has 0 aromatic heterocycles. The van der Waals surface area contributed by atoms with Crippen LogP contribution in [0, 0.1) is 0 Å². The van der Waals surface area contributed by atoms with Crippen LogP contribution in [0.4, 0.5) is 0 Å². The Labute approximate surface area is 98.4 Å². The Kier molecular flexibility index (Phi) is 7.87. The normalized spacial score (nSPS) is 17.4. The van der Waals surface area contributed by atoms with Gasteiger partial charge in [-0.25, -0.2) is 0 Å². The second kappa shape index (κ2) is 7.97. The zero-order valence-corrected chi connectivity index (χ0v) is 10.9. The minimum absolute atomic E-state index is 0.333. The molecule has 16 heavy (non-hydrogen) atoms. The minimum Gasteiger partial charge on any atom is -0.389 e. The number of ether oxygens (including phenoxy) is 1. The van der Waals surface area contributed by atoms with Crippen LogP contribution in [0.3, 0.4) is 0 Å². The number of aliphatic hydroxyl groups is 2. The van der Waals surface area contributed by atoms with Crippen LogP contribution in [-0.4, -0.2) is 73.8 Å². The first-order valence-electron chi connectivity index (χ1n) is 5.71.